The molecule has 0 amide bonds. The second-order valence-electron chi connectivity index (χ2n) is 5.71. The zero-order chi connectivity index (χ0) is 14.8. The Morgan fingerprint density at radius 2 is 2.10 bits per heavy atom. The van der Waals surface area contributed by atoms with E-state index in [0.717, 1.165) is 36.8 Å². The van der Waals surface area contributed by atoms with E-state index in [-0.39, 0.29) is 23.4 Å². The highest BCUT2D eigenvalue weighted by Crippen LogP contribution is 2.49. The summed E-state index contributed by atoms with van der Waals surface area (Å²) in [5.41, 5.74) is 2.14. The molecule has 0 spiro atoms. The summed E-state index contributed by atoms with van der Waals surface area (Å²) >= 11 is 0. The number of ketones is 1. The minimum absolute atomic E-state index is 0.151. The molecule has 1 saturated carbocycles. The number of methoxy groups -OCH3 is 1. The Hall–Kier alpha value is -1.42. The average molecular weight is 278 g/mol. The van der Waals surface area contributed by atoms with Gasteiger partial charge in [0.15, 0.2) is 5.78 Å². The maximum absolute atomic E-state index is 12.2. The number of rotatable bonds is 4. The van der Waals surface area contributed by atoms with Crippen molar-refractivity contribution < 1.29 is 19.1 Å². The number of allylic oxidation sites excluding steroid dienone is 3. The van der Waals surface area contributed by atoms with E-state index in [4.69, 9.17) is 9.47 Å². The van der Waals surface area contributed by atoms with Crippen molar-refractivity contribution in [3.05, 3.63) is 22.8 Å². The Bertz CT molecular complexity index is 487. The van der Waals surface area contributed by atoms with Gasteiger partial charge in [-0.25, -0.2) is 4.79 Å². The van der Waals surface area contributed by atoms with Crippen molar-refractivity contribution in [2.45, 2.75) is 39.5 Å². The predicted octanol–water partition coefficient (Wildman–Crippen LogP) is 2.58. The summed E-state index contributed by atoms with van der Waals surface area (Å²) in [6.45, 7) is 4.63. The molecule has 0 aromatic rings. The third kappa shape index (κ3) is 2.57. The molecule has 0 radical (unpaired) electrons. The molecule has 110 valence electrons. The lowest BCUT2D eigenvalue weighted by Gasteiger charge is -2.40. The van der Waals surface area contributed by atoms with Crippen LogP contribution in [0.4, 0.5) is 0 Å². The summed E-state index contributed by atoms with van der Waals surface area (Å²) in [6.07, 6.45) is 5.56. The van der Waals surface area contributed by atoms with Gasteiger partial charge in [0.1, 0.15) is 12.2 Å². The summed E-state index contributed by atoms with van der Waals surface area (Å²) in [6, 6.07) is 0. The minimum Gasteiger partial charge on any atom is -0.460 e. The van der Waals surface area contributed by atoms with E-state index in [1.54, 1.807) is 13.2 Å². The largest absolute Gasteiger partial charge is 0.460 e. The van der Waals surface area contributed by atoms with Crippen LogP contribution in [0.15, 0.2) is 22.8 Å². The van der Waals surface area contributed by atoms with E-state index in [1.807, 2.05) is 6.92 Å². The van der Waals surface area contributed by atoms with Crippen molar-refractivity contribution in [3.8, 4) is 0 Å². The first-order valence-corrected chi connectivity index (χ1v) is 7.13. The van der Waals surface area contributed by atoms with E-state index in [9.17, 15) is 9.59 Å². The number of carbonyl (C=O) groups is 2. The standard InChI is InChI=1S/C16H22O4/c1-11-10-13(17)14(15(18)20-9-8-19-3)12-6-4-5-7-16(11,12)2/h10H,4-9H2,1-3H3. The number of hydrogen-bond donors (Lipinski definition) is 0. The second-order valence-corrected chi connectivity index (χ2v) is 5.71. The highest BCUT2D eigenvalue weighted by molar-refractivity contribution is 6.23. The minimum atomic E-state index is -0.501. The summed E-state index contributed by atoms with van der Waals surface area (Å²) in [7, 11) is 1.55. The predicted molar refractivity (Wildman–Crippen MR) is 75.2 cm³/mol. The van der Waals surface area contributed by atoms with Gasteiger partial charge in [-0.3, -0.25) is 4.79 Å². The summed E-state index contributed by atoms with van der Waals surface area (Å²) < 4.78 is 10.0. The maximum Gasteiger partial charge on any atom is 0.342 e. The lowest BCUT2D eigenvalue weighted by Crippen LogP contribution is -2.34. The van der Waals surface area contributed by atoms with E-state index >= 15 is 0 Å². The first kappa shape index (κ1) is 15.0. The highest BCUT2D eigenvalue weighted by atomic mass is 16.6. The van der Waals surface area contributed by atoms with Crippen molar-refractivity contribution in [1.82, 2.24) is 0 Å². The van der Waals surface area contributed by atoms with Gasteiger partial charge in [-0.05, 0) is 37.8 Å². The van der Waals surface area contributed by atoms with Crippen LogP contribution in [0.3, 0.4) is 0 Å². The lowest BCUT2D eigenvalue weighted by atomic mass is 9.63. The van der Waals surface area contributed by atoms with Gasteiger partial charge in [-0.2, -0.15) is 0 Å². The molecule has 2 aliphatic rings. The molecule has 1 atom stereocenters. The quantitative estimate of drug-likeness (QED) is 0.450. The van der Waals surface area contributed by atoms with Crippen molar-refractivity contribution in [2.24, 2.45) is 5.41 Å². The van der Waals surface area contributed by atoms with Crippen molar-refractivity contribution in [3.63, 3.8) is 0 Å². The van der Waals surface area contributed by atoms with Crippen LogP contribution in [-0.4, -0.2) is 32.1 Å². The van der Waals surface area contributed by atoms with Gasteiger partial charge in [0.25, 0.3) is 0 Å². The number of carbonyl (C=O) groups excluding carboxylic acids is 2. The Balaban J connectivity index is 2.30. The molecule has 1 fully saturated rings. The van der Waals surface area contributed by atoms with Gasteiger partial charge in [-0.1, -0.05) is 18.9 Å². The molecule has 0 saturated heterocycles. The summed E-state index contributed by atoms with van der Waals surface area (Å²) in [5, 5.41) is 0. The van der Waals surface area contributed by atoms with Crippen LogP contribution in [-0.2, 0) is 19.1 Å². The molecule has 0 heterocycles. The molecule has 4 nitrogen and oxygen atoms in total. The highest BCUT2D eigenvalue weighted by Gasteiger charge is 2.41. The van der Waals surface area contributed by atoms with Crippen LogP contribution in [0.2, 0.25) is 0 Å². The smallest absolute Gasteiger partial charge is 0.342 e. The maximum atomic E-state index is 12.2. The van der Waals surface area contributed by atoms with Crippen molar-refractivity contribution >= 4 is 11.8 Å². The first-order valence-electron chi connectivity index (χ1n) is 7.13. The average Bonchev–Trinajstić information content (AvgIpc) is 2.40. The van der Waals surface area contributed by atoms with E-state index < -0.39 is 5.97 Å². The molecule has 1 unspecified atom stereocenters. The van der Waals surface area contributed by atoms with Crippen LogP contribution in [0.5, 0.6) is 0 Å². The number of esters is 1. The fourth-order valence-electron chi connectivity index (χ4n) is 3.13. The van der Waals surface area contributed by atoms with Crippen LogP contribution in [0.1, 0.15) is 39.5 Å². The zero-order valence-corrected chi connectivity index (χ0v) is 12.5. The monoisotopic (exact) mass is 278 g/mol. The molecule has 2 aliphatic carbocycles. The van der Waals surface area contributed by atoms with Crippen molar-refractivity contribution in [2.75, 3.05) is 20.3 Å². The molecule has 0 N–H and O–H groups in total. The molecule has 20 heavy (non-hydrogen) atoms. The van der Waals surface area contributed by atoms with Crippen LogP contribution < -0.4 is 0 Å². The molecule has 2 rings (SSSR count). The third-order valence-corrected chi connectivity index (χ3v) is 4.51. The van der Waals surface area contributed by atoms with Crippen molar-refractivity contribution in [1.29, 1.82) is 0 Å². The van der Waals surface area contributed by atoms with E-state index in [2.05, 4.69) is 6.92 Å². The van der Waals surface area contributed by atoms with E-state index in [0.29, 0.717) is 6.61 Å². The Morgan fingerprint density at radius 3 is 2.80 bits per heavy atom. The molecular formula is C16H22O4. The Morgan fingerprint density at radius 1 is 1.35 bits per heavy atom. The topological polar surface area (TPSA) is 52.6 Å². The number of ether oxygens (including phenoxy) is 2. The molecule has 0 aromatic heterocycles. The summed E-state index contributed by atoms with van der Waals surface area (Å²) in [4.78, 5) is 24.4. The Kier molecular flexibility index (Phi) is 4.43. The molecule has 0 bridgehead atoms. The first-order chi connectivity index (χ1) is 9.50. The SMILES string of the molecule is COCCOC(=O)C1=C2CCCCC2(C)C(C)=CC1=O. The molecular weight excluding hydrogens is 256 g/mol. The molecule has 4 heteroatoms. The normalized spacial score (nSPS) is 26.1. The van der Waals surface area contributed by atoms with Gasteiger partial charge in [0.2, 0.25) is 0 Å². The second kappa shape index (κ2) is 5.92. The van der Waals surface area contributed by atoms with Crippen LogP contribution >= 0.6 is 0 Å². The molecule has 0 aliphatic heterocycles. The lowest BCUT2D eigenvalue weighted by molar-refractivity contribution is -0.141. The van der Waals surface area contributed by atoms with Gasteiger partial charge in [0, 0.05) is 12.5 Å². The van der Waals surface area contributed by atoms with E-state index in [1.165, 1.54) is 0 Å². The van der Waals surface area contributed by atoms with Gasteiger partial charge in [0.05, 0.1) is 6.61 Å². The van der Waals surface area contributed by atoms with Crippen LogP contribution in [0.25, 0.3) is 0 Å². The third-order valence-electron chi connectivity index (χ3n) is 4.51. The Labute approximate surface area is 119 Å². The fraction of sp³-hybridized carbons (Fsp3) is 0.625. The summed E-state index contributed by atoms with van der Waals surface area (Å²) in [5.74, 6) is -0.710. The van der Waals surface area contributed by atoms with Gasteiger partial charge >= 0.3 is 5.97 Å². The van der Waals surface area contributed by atoms with Gasteiger partial charge in [-0.15, -0.1) is 0 Å². The zero-order valence-electron chi connectivity index (χ0n) is 12.5. The number of fused-ring (bicyclic) bond motifs is 1. The van der Waals surface area contributed by atoms with Gasteiger partial charge < -0.3 is 9.47 Å². The van der Waals surface area contributed by atoms with Crippen LogP contribution in [0, 0.1) is 5.41 Å². The number of hydrogen-bond acceptors (Lipinski definition) is 4. The fourth-order valence-corrected chi connectivity index (χ4v) is 3.13. The molecule has 0 aromatic carbocycles.